The number of alkyl halides is 1. The van der Waals surface area contributed by atoms with Gasteiger partial charge in [-0.25, -0.2) is 4.98 Å². The average molecular weight is 288 g/mol. The predicted octanol–water partition coefficient (Wildman–Crippen LogP) is 1.63. The van der Waals surface area contributed by atoms with E-state index in [2.05, 4.69) is 15.2 Å². The Morgan fingerprint density at radius 2 is 2.56 bits per heavy atom. The minimum atomic E-state index is 0.0635. The largest absolute Gasteiger partial charge is 0.352 e. The standard InChI is InChI=1S/C12H18ClN3OS/c1-9(17)14-10-2-4-16(7-10)5-3-12-15-11(6-13)8-18-12/h8,10H,2-7H2,1H3,(H,14,17). The number of carbonyl (C=O) groups excluding carboxylic acids is 1. The maximum absolute atomic E-state index is 11.0. The molecule has 1 aromatic heterocycles. The molecule has 1 aliphatic rings. The lowest BCUT2D eigenvalue weighted by Gasteiger charge is -2.15. The highest BCUT2D eigenvalue weighted by molar-refractivity contribution is 7.09. The van der Waals surface area contributed by atoms with Gasteiger partial charge in [0.05, 0.1) is 16.6 Å². The van der Waals surface area contributed by atoms with Gasteiger partial charge < -0.3 is 10.2 Å². The Morgan fingerprint density at radius 3 is 3.22 bits per heavy atom. The number of hydrogen-bond donors (Lipinski definition) is 1. The van der Waals surface area contributed by atoms with Gasteiger partial charge in [0, 0.05) is 44.4 Å². The third kappa shape index (κ3) is 3.93. The summed E-state index contributed by atoms with van der Waals surface area (Å²) in [5.41, 5.74) is 0.967. The smallest absolute Gasteiger partial charge is 0.217 e. The van der Waals surface area contributed by atoms with Crippen molar-refractivity contribution in [1.29, 1.82) is 0 Å². The molecule has 1 fully saturated rings. The monoisotopic (exact) mass is 287 g/mol. The van der Waals surface area contributed by atoms with Crippen LogP contribution in [0.1, 0.15) is 24.0 Å². The van der Waals surface area contributed by atoms with E-state index in [1.165, 1.54) is 0 Å². The highest BCUT2D eigenvalue weighted by Gasteiger charge is 2.22. The van der Waals surface area contributed by atoms with E-state index in [-0.39, 0.29) is 5.91 Å². The number of thiazole rings is 1. The van der Waals surface area contributed by atoms with Crippen LogP contribution in [0.2, 0.25) is 0 Å². The molecule has 2 heterocycles. The summed E-state index contributed by atoms with van der Waals surface area (Å²) in [6.07, 6.45) is 2.01. The first kappa shape index (κ1) is 13.8. The molecule has 1 unspecified atom stereocenters. The molecule has 100 valence electrons. The molecule has 0 bridgehead atoms. The Kier molecular flexibility index (Phi) is 4.97. The van der Waals surface area contributed by atoms with Crippen LogP contribution in [0.4, 0.5) is 0 Å². The fourth-order valence-corrected chi connectivity index (χ4v) is 3.24. The Hall–Kier alpha value is -0.650. The molecule has 0 spiro atoms. The zero-order valence-corrected chi connectivity index (χ0v) is 12.1. The molecule has 1 saturated heterocycles. The molecule has 0 aromatic carbocycles. The van der Waals surface area contributed by atoms with Crippen LogP contribution in [-0.4, -0.2) is 41.5 Å². The number of amides is 1. The molecule has 1 atom stereocenters. The van der Waals surface area contributed by atoms with Crippen molar-refractivity contribution in [2.24, 2.45) is 0 Å². The first-order chi connectivity index (χ1) is 8.67. The molecular formula is C12H18ClN3OS. The van der Waals surface area contributed by atoms with Gasteiger partial charge in [-0.05, 0) is 6.42 Å². The molecule has 4 nitrogen and oxygen atoms in total. The van der Waals surface area contributed by atoms with Crippen LogP contribution >= 0.6 is 22.9 Å². The molecule has 1 N–H and O–H groups in total. The van der Waals surface area contributed by atoms with E-state index in [1.54, 1.807) is 18.3 Å². The van der Waals surface area contributed by atoms with Crippen LogP contribution in [0.3, 0.4) is 0 Å². The normalized spacial score (nSPS) is 20.2. The van der Waals surface area contributed by atoms with Crippen molar-refractivity contribution in [3.05, 3.63) is 16.1 Å². The maximum atomic E-state index is 11.0. The lowest BCUT2D eigenvalue weighted by molar-refractivity contribution is -0.119. The SMILES string of the molecule is CC(=O)NC1CCN(CCc2nc(CCl)cs2)C1. The van der Waals surface area contributed by atoms with Crippen molar-refractivity contribution in [3.63, 3.8) is 0 Å². The molecule has 2 rings (SSSR count). The number of halogens is 1. The highest BCUT2D eigenvalue weighted by atomic mass is 35.5. The van der Waals surface area contributed by atoms with Gasteiger partial charge in [-0.1, -0.05) is 0 Å². The fraction of sp³-hybridized carbons (Fsp3) is 0.667. The van der Waals surface area contributed by atoms with E-state index in [9.17, 15) is 4.79 Å². The van der Waals surface area contributed by atoms with Crippen LogP contribution in [0, 0.1) is 0 Å². The van der Waals surface area contributed by atoms with Crippen molar-refractivity contribution < 1.29 is 4.79 Å². The van der Waals surface area contributed by atoms with E-state index in [0.717, 1.165) is 43.2 Å². The van der Waals surface area contributed by atoms with Gasteiger partial charge in [0.15, 0.2) is 0 Å². The van der Waals surface area contributed by atoms with E-state index < -0.39 is 0 Å². The summed E-state index contributed by atoms with van der Waals surface area (Å²) in [7, 11) is 0. The number of hydrogen-bond acceptors (Lipinski definition) is 4. The predicted molar refractivity (Wildman–Crippen MR) is 74.0 cm³/mol. The first-order valence-electron chi connectivity index (χ1n) is 6.16. The van der Waals surface area contributed by atoms with Crippen molar-refractivity contribution in [3.8, 4) is 0 Å². The molecule has 18 heavy (non-hydrogen) atoms. The Balaban J connectivity index is 1.73. The van der Waals surface area contributed by atoms with Crippen molar-refractivity contribution in [2.75, 3.05) is 19.6 Å². The summed E-state index contributed by atoms with van der Waals surface area (Å²) < 4.78 is 0. The zero-order chi connectivity index (χ0) is 13.0. The maximum Gasteiger partial charge on any atom is 0.217 e. The molecular weight excluding hydrogens is 270 g/mol. The van der Waals surface area contributed by atoms with Crippen LogP contribution in [-0.2, 0) is 17.1 Å². The summed E-state index contributed by atoms with van der Waals surface area (Å²) >= 11 is 7.41. The summed E-state index contributed by atoms with van der Waals surface area (Å²) in [6, 6.07) is 0.317. The summed E-state index contributed by atoms with van der Waals surface area (Å²) in [5.74, 6) is 0.554. The fourth-order valence-electron chi connectivity index (χ4n) is 2.22. The van der Waals surface area contributed by atoms with Crippen molar-refractivity contribution in [2.45, 2.75) is 31.7 Å². The van der Waals surface area contributed by atoms with Crippen LogP contribution in [0.25, 0.3) is 0 Å². The third-order valence-corrected chi connectivity index (χ3v) is 4.29. The van der Waals surface area contributed by atoms with Gasteiger partial charge in [-0.3, -0.25) is 4.79 Å². The van der Waals surface area contributed by atoms with E-state index in [1.807, 2.05) is 5.38 Å². The number of rotatable bonds is 5. The summed E-state index contributed by atoms with van der Waals surface area (Å²) in [4.78, 5) is 17.8. The first-order valence-corrected chi connectivity index (χ1v) is 7.57. The molecule has 6 heteroatoms. The van der Waals surface area contributed by atoms with E-state index in [4.69, 9.17) is 11.6 Å². The van der Waals surface area contributed by atoms with Gasteiger partial charge in [0.25, 0.3) is 0 Å². The van der Waals surface area contributed by atoms with Crippen molar-refractivity contribution in [1.82, 2.24) is 15.2 Å². The number of carbonyl (C=O) groups is 1. The molecule has 1 aliphatic heterocycles. The second-order valence-electron chi connectivity index (χ2n) is 4.60. The van der Waals surface area contributed by atoms with Crippen LogP contribution in [0.15, 0.2) is 5.38 Å². The van der Waals surface area contributed by atoms with E-state index >= 15 is 0 Å². The number of aromatic nitrogens is 1. The number of nitrogens with zero attached hydrogens (tertiary/aromatic N) is 2. The zero-order valence-electron chi connectivity index (χ0n) is 10.5. The van der Waals surface area contributed by atoms with Gasteiger partial charge in [0.1, 0.15) is 0 Å². The summed E-state index contributed by atoms with van der Waals surface area (Å²) in [5, 5.41) is 6.14. The van der Waals surface area contributed by atoms with Gasteiger partial charge in [0.2, 0.25) is 5.91 Å². The molecule has 0 aliphatic carbocycles. The Morgan fingerprint density at radius 1 is 1.72 bits per heavy atom. The third-order valence-electron chi connectivity index (χ3n) is 3.06. The average Bonchev–Trinajstić information content (AvgIpc) is 2.94. The minimum Gasteiger partial charge on any atom is -0.352 e. The van der Waals surface area contributed by atoms with E-state index in [0.29, 0.717) is 11.9 Å². The molecule has 0 radical (unpaired) electrons. The second kappa shape index (κ2) is 6.50. The molecule has 1 aromatic rings. The van der Waals surface area contributed by atoms with Crippen LogP contribution in [0.5, 0.6) is 0 Å². The minimum absolute atomic E-state index is 0.0635. The lowest BCUT2D eigenvalue weighted by atomic mass is 10.2. The van der Waals surface area contributed by atoms with Crippen molar-refractivity contribution >= 4 is 28.8 Å². The van der Waals surface area contributed by atoms with Crippen LogP contribution < -0.4 is 5.32 Å². The quantitative estimate of drug-likeness (QED) is 0.838. The Bertz CT molecular complexity index is 410. The van der Waals surface area contributed by atoms with Gasteiger partial charge in [-0.15, -0.1) is 22.9 Å². The summed E-state index contributed by atoms with van der Waals surface area (Å²) in [6.45, 7) is 4.59. The highest BCUT2D eigenvalue weighted by Crippen LogP contribution is 2.14. The molecule has 1 amide bonds. The lowest BCUT2D eigenvalue weighted by Crippen LogP contribution is -2.35. The number of nitrogens with one attached hydrogen (secondary N) is 1. The molecule has 0 saturated carbocycles. The Labute approximate surface area is 116 Å². The number of likely N-dealkylation sites (tertiary alicyclic amines) is 1. The van der Waals surface area contributed by atoms with Gasteiger partial charge >= 0.3 is 0 Å². The second-order valence-corrected chi connectivity index (χ2v) is 5.81. The van der Waals surface area contributed by atoms with Gasteiger partial charge in [-0.2, -0.15) is 0 Å². The topological polar surface area (TPSA) is 45.2 Å².